The van der Waals surface area contributed by atoms with Crippen molar-refractivity contribution in [1.29, 1.82) is 0 Å². The summed E-state index contributed by atoms with van der Waals surface area (Å²) < 4.78 is 0. The molecule has 0 aliphatic carbocycles. The quantitative estimate of drug-likeness (QED) is 0.931. The third-order valence-electron chi connectivity index (χ3n) is 4.22. The minimum absolute atomic E-state index is 0.280. The first-order valence-electron chi connectivity index (χ1n) is 7.17. The van der Waals surface area contributed by atoms with E-state index in [2.05, 4.69) is 25.0 Å². The van der Waals surface area contributed by atoms with Crippen LogP contribution < -0.4 is 5.01 Å². The summed E-state index contributed by atoms with van der Waals surface area (Å²) in [6.45, 7) is 5.90. The number of carboxylic acids is 1. The van der Waals surface area contributed by atoms with E-state index in [4.69, 9.17) is 0 Å². The molecule has 5 heteroatoms. The van der Waals surface area contributed by atoms with Crippen molar-refractivity contribution in [3.05, 3.63) is 51.7 Å². The predicted octanol–water partition coefficient (Wildman–Crippen LogP) is 4.00. The number of carbonyl (C=O) groups is 1. The Morgan fingerprint density at radius 3 is 2.64 bits per heavy atom. The van der Waals surface area contributed by atoms with Crippen LogP contribution in [0.2, 0.25) is 0 Å². The van der Waals surface area contributed by atoms with E-state index in [1.54, 1.807) is 18.3 Å². The van der Waals surface area contributed by atoms with Crippen LogP contribution >= 0.6 is 11.3 Å². The molecule has 2 heterocycles. The van der Waals surface area contributed by atoms with Gasteiger partial charge < -0.3 is 5.11 Å². The normalized spacial score (nSPS) is 21.0. The fourth-order valence-corrected chi connectivity index (χ4v) is 3.76. The molecule has 1 aliphatic rings. The van der Waals surface area contributed by atoms with Crippen molar-refractivity contribution in [3.63, 3.8) is 0 Å². The summed E-state index contributed by atoms with van der Waals surface area (Å²) in [5.41, 5.74) is 3.93. The maximum Gasteiger partial charge on any atom is 0.314 e. The number of nitrogens with zero attached hydrogens (tertiary/aromatic N) is 2. The molecular weight excluding hydrogens is 296 g/mol. The number of hydrazone groups is 1. The van der Waals surface area contributed by atoms with Crippen molar-refractivity contribution in [2.45, 2.75) is 26.8 Å². The van der Waals surface area contributed by atoms with Gasteiger partial charge in [-0.1, -0.05) is 18.2 Å². The maximum atomic E-state index is 11.7. The van der Waals surface area contributed by atoms with Crippen molar-refractivity contribution in [2.75, 3.05) is 5.01 Å². The maximum absolute atomic E-state index is 11.7. The summed E-state index contributed by atoms with van der Waals surface area (Å²) >= 11 is 1.57. The van der Waals surface area contributed by atoms with Gasteiger partial charge >= 0.3 is 5.97 Å². The van der Waals surface area contributed by atoms with Gasteiger partial charge in [-0.2, -0.15) is 5.10 Å². The molecule has 3 rings (SSSR count). The smallest absolute Gasteiger partial charge is 0.314 e. The SMILES string of the molecule is CC1=NN(c2cccc(C)c2C)C(c2cccs2)C1C(=O)O. The number of anilines is 1. The highest BCUT2D eigenvalue weighted by atomic mass is 32.1. The largest absolute Gasteiger partial charge is 0.481 e. The van der Waals surface area contributed by atoms with Gasteiger partial charge in [0.25, 0.3) is 0 Å². The summed E-state index contributed by atoms with van der Waals surface area (Å²) in [5, 5.41) is 18.1. The van der Waals surface area contributed by atoms with Crippen molar-refractivity contribution in [1.82, 2.24) is 0 Å². The monoisotopic (exact) mass is 314 g/mol. The lowest BCUT2D eigenvalue weighted by molar-refractivity contribution is -0.139. The van der Waals surface area contributed by atoms with Crippen LogP contribution in [0.1, 0.15) is 29.0 Å². The fraction of sp³-hybridized carbons (Fsp3) is 0.294. The average Bonchev–Trinajstić information content (AvgIpc) is 3.08. The average molecular weight is 314 g/mol. The summed E-state index contributed by atoms with van der Waals surface area (Å²) in [6, 6.07) is 9.70. The van der Waals surface area contributed by atoms with Crippen LogP contribution in [0.25, 0.3) is 0 Å². The molecule has 0 bridgehead atoms. The molecule has 1 aliphatic heterocycles. The number of aliphatic carboxylic acids is 1. The van der Waals surface area contributed by atoms with E-state index in [1.165, 1.54) is 5.56 Å². The van der Waals surface area contributed by atoms with Crippen molar-refractivity contribution >= 4 is 28.7 Å². The van der Waals surface area contributed by atoms with Crippen LogP contribution in [0.4, 0.5) is 5.69 Å². The number of benzene rings is 1. The first-order valence-corrected chi connectivity index (χ1v) is 8.05. The Morgan fingerprint density at radius 1 is 1.23 bits per heavy atom. The molecule has 22 heavy (non-hydrogen) atoms. The minimum Gasteiger partial charge on any atom is -0.481 e. The van der Waals surface area contributed by atoms with Crippen LogP contribution in [-0.2, 0) is 4.79 Å². The molecule has 0 radical (unpaired) electrons. The van der Waals surface area contributed by atoms with Crippen molar-refractivity contribution in [2.24, 2.45) is 11.0 Å². The number of hydrogen-bond donors (Lipinski definition) is 1. The number of thiophene rings is 1. The Labute approximate surface area is 133 Å². The summed E-state index contributed by atoms with van der Waals surface area (Å²) in [6.07, 6.45) is 0. The zero-order chi connectivity index (χ0) is 15.9. The van der Waals surface area contributed by atoms with Crippen LogP contribution in [0.3, 0.4) is 0 Å². The molecule has 4 nitrogen and oxygen atoms in total. The minimum atomic E-state index is -0.826. The van der Waals surface area contributed by atoms with E-state index in [-0.39, 0.29) is 6.04 Å². The third-order valence-corrected chi connectivity index (χ3v) is 5.16. The highest BCUT2D eigenvalue weighted by Crippen LogP contribution is 2.42. The second kappa shape index (κ2) is 5.57. The van der Waals surface area contributed by atoms with Gasteiger partial charge in [0.1, 0.15) is 12.0 Å². The number of carboxylic acid groups (broad SMARTS) is 1. The van der Waals surface area contributed by atoms with Crippen molar-refractivity contribution in [3.8, 4) is 0 Å². The van der Waals surface area contributed by atoms with Gasteiger partial charge in [0.15, 0.2) is 0 Å². The molecule has 0 amide bonds. The Hall–Kier alpha value is -2.14. The second-order valence-electron chi connectivity index (χ2n) is 5.58. The van der Waals surface area contributed by atoms with Crippen molar-refractivity contribution < 1.29 is 9.90 Å². The molecule has 2 atom stereocenters. The standard InChI is InChI=1S/C17H18N2O2S/c1-10-6-4-7-13(11(10)2)19-16(14-8-5-9-22-14)15(17(20)21)12(3)18-19/h4-9,15-16H,1-3H3,(H,20,21). The molecule has 0 fully saturated rings. The molecule has 0 saturated heterocycles. The lowest BCUT2D eigenvalue weighted by atomic mass is 9.94. The molecule has 114 valence electrons. The highest BCUT2D eigenvalue weighted by molar-refractivity contribution is 7.10. The van der Waals surface area contributed by atoms with Gasteiger partial charge in [0.05, 0.1) is 11.4 Å². The Morgan fingerprint density at radius 2 is 2.00 bits per heavy atom. The van der Waals surface area contributed by atoms with E-state index in [0.29, 0.717) is 5.71 Å². The zero-order valence-corrected chi connectivity index (χ0v) is 13.6. The van der Waals surface area contributed by atoms with Crippen LogP contribution in [0.5, 0.6) is 0 Å². The second-order valence-corrected chi connectivity index (χ2v) is 6.56. The highest BCUT2D eigenvalue weighted by Gasteiger charge is 2.42. The lowest BCUT2D eigenvalue weighted by Gasteiger charge is -2.27. The van der Waals surface area contributed by atoms with Gasteiger partial charge in [-0.05, 0) is 49.4 Å². The van der Waals surface area contributed by atoms with Crippen LogP contribution in [0, 0.1) is 19.8 Å². The molecule has 0 saturated carbocycles. The molecule has 1 aromatic carbocycles. The molecule has 0 spiro atoms. The number of hydrogen-bond acceptors (Lipinski definition) is 4. The zero-order valence-electron chi connectivity index (χ0n) is 12.8. The van der Waals surface area contributed by atoms with Gasteiger partial charge in [0, 0.05) is 4.88 Å². The van der Waals surface area contributed by atoms with E-state index < -0.39 is 11.9 Å². The van der Waals surface area contributed by atoms with E-state index in [9.17, 15) is 9.90 Å². The topological polar surface area (TPSA) is 52.9 Å². The van der Waals surface area contributed by atoms with E-state index >= 15 is 0 Å². The fourth-order valence-electron chi connectivity index (χ4n) is 2.91. The number of aryl methyl sites for hydroxylation is 1. The van der Waals surface area contributed by atoms with Gasteiger partial charge in [0.2, 0.25) is 0 Å². The Balaban J connectivity index is 2.13. The van der Waals surface area contributed by atoms with Crippen LogP contribution in [0.15, 0.2) is 40.8 Å². The first-order chi connectivity index (χ1) is 10.5. The van der Waals surface area contributed by atoms with Gasteiger partial charge in [-0.25, -0.2) is 0 Å². The van der Waals surface area contributed by atoms with Gasteiger partial charge in [-0.15, -0.1) is 11.3 Å². The molecule has 1 N–H and O–H groups in total. The van der Waals surface area contributed by atoms with E-state index in [1.807, 2.05) is 34.7 Å². The third kappa shape index (κ3) is 2.31. The molecule has 2 aromatic rings. The summed E-state index contributed by atoms with van der Waals surface area (Å²) in [7, 11) is 0. The van der Waals surface area contributed by atoms with Gasteiger partial charge in [-0.3, -0.25) is 9.80 Å². The Bertz CT molecular complexity index is 737. The summed E-state index contributed by atoms with van der Waals surface area (Å²) in [4.78, 5) is 12.8. The first kappa shape index (κ1) is 14.8. The lowest BCUT2D eigenvalue weighted by Crippen LogP contribution is -2.30. The van der Waals surface area contributed by atoms with E-state index in [0.717, 1.165) is 16.1 Å². The molecule has 2 unspecified atom stereocenters. The summed E-state index contributed by atoms with van der Waals surface area (Å²) in [5.74, 6) is -1.44. The molecular formula is C17H18N2O2S. The molecule has 1 aromatic heterocycles. The number of rotatable bonds is 3. The Kier molecular flexibility index (Phi) is 3.74. The predicted molar refractivity (Wildman–Crippen MR) is 89.7 cm³/mol. The van der Waals surface area contributed by atoms with Crippen LogP contribution in [-0.4, -0.2) is 16.8 Å².